The van der Waals surface area contributed by atoms with Crippen molar-refractivity contribution in [1.29, 1.82) is 0 Å². The van der Waals surface area contributed by atoms with Crippen molar-refractivity contribution in [2.75, 3.05) is 20.8 Å². The number of carbonyl (C=O) groups excluding carboxylic acids is 1. The molecule has 0 aliphatic heterocycles. The molecule has 6 nitrogen and oxygen atoms in total. The van der Waals surface area contributed by atoms with Crippen LogP contribution in [0.2, 0.25) is 0 Å². The molecule has 0 radical (unpaired) electrons. The monoisotopic (exact) mass is 429 g/mol. The first-order chi connectivity index (χ1) is 15.7. The van der Waals surface area contributed by atoms with E-state index in [9.17, 15) is 4.79 Å². The van der Waals surface area contributed by atoms with E-state index in [-0.39, 0.29) is 11.9 Å². The Morgan fingerprint density at radius 3 is 2.44 bits per heavy atom. The maximum absolute atomic E-state index is 12.5. The molecule has 3 N–H and O–H groups in total. The van der Waals surface area contributed by atoms with Gasteiger partial charge in [0.2, 0.25) is 0 Å². The van der Waals surface area contributed by atoms with Gasteiger partial charge in [-0.2, -0.15) is 0 Å². The van der Waals surface area contributed by atoms with E-state index >= 15 is 0 Å². The predicted octanol–water partition coefficient (Wildman–Crippen LogP) is 4.82. The zero-order chi connectivity index (χ0) is 22.3. The van der Waals surface area contributed by atoms with Crippen LogP contribution in [0.15, 0.2) is 79.0 Å². The van der Waals surface area contributed by atoms with Crippen molar-refractivity contribution in [2.24, 2.45) is 0 Å². The number of urea groups is 1. The highest BCUT2D eigenvalue weighted by atomic mass is 16.5. The maximum atomic E-state index is 12.5. The Hall–Kier alpha value is -3.93. The third kappa shape index (κ3) is 4.70. The molecule has 0 saturated carbocycles. The van der Waals surface area contributed by atoms with Gasteiger partial charge in [0.1, 0.15) is 0 Å². The molecule has 3 aromatic carbocycles. The molecule has 1 unspecified atom stereocenters. The average Bonchev–Trinajstić information content (AvgIpc) is 3.27. The Morgan fingerprint density at radius 1 is 0.906 bits per heavy atom. The number of rotatable bonds is 8. The highest BCUT2D eigenvalue weighted by Gasteiger charge is 2.21. The van der Waals surface area contributed by atoms with Gasteiger partial charge in [-0.3, -0.25) is 0 Å². The first-order valence-corrected chi connectivity index (χ1v) is 10.5. The summed E-state index contributed by atoms with van der Waals surface area (Å²) < 4.78 is 10.9. The van der Waals surface area contributed by atoms with Crippen LogP contribution in [0.1, 0.15) is 22.6 Å². The van der Waals surface area contributed by atoms with Gasteiger partial charge in [0.05, 0.1) is 14.2 Å². The Labute approximate surface area is 187 Å². The van der Waals surface area contributed by atoms with E-state index in [1.165, 1.54) is 0 Å². The molecular weight excluding hydrogens is 402 g/mol. The quantitative estimate of drug-likeness (QED) is 0.376. The van der Waals surface area contributed by atoms with Gasteiger partial charge in [-0.25, -0.2) is 4.79 Å². The van der Waals surface area contributed by atoms with Gasteiger partial charge >= 0.3 is 6.03 Å². The normalized spacial score (nSPS) is 11.7. The van der Waals surface area contributed by atoms with Gasteiger partial charge in [-0.05, 0) is 34.9 Å². The first-order valence-electron chi connectivity index (χ1n) is 10.5. The number of para-hydroxylation sites is 1. The van der Waals surface area contributed by atoms with E-state index in [2.05, 4.69) is 21.7 Å². The molecule has 0 fully saturated rings. The molecular formula is C26H27N3O3. The van der Waals surface area contributed by atoms with Crippen LogP contribution in [0, 0.1) is 0 Å². The minimum atomic E-state index is -0.209. The molecule has 0 spiro atoms. The molecule has 2 amide bonds. The van der Waals surface area contributed by atoms with Crippen molar-refractivity contribution in [1.82, 2.24) is 15.6 Å². The minimum Gasteiger partial charge on any atom is -0.493 e. The number of methoxy groups -OCH3 is 2. The molecule has 0 bridgehead atoms. The van der Waals surface area contributed by atoms with Crippen LogP contribution in [0.25, 0.3) is 10.9 Å². The van der Waals surface area contributed by atoms with E-state index < -0.39 is 0 Å². The molecule has 32 heavy (non-hydrogen) atoms. The van der Waals surface area contributed by atoms with E-state index in [0.717, 1.165) is 27.6 Å². The standard InChI is InChI=1S/C26H27N3O3/c1-31-24-13-12-19(14-25(24)32-2)21(22-17-27-23-11-7-6-10-20(22)23)16-29-26(30)28-15-18-8-4-3-5-9-18/h3-14,17,21,27H,15-16H2,1-2H3,(H2,28,29,30). The highest BCUT2D eigenvalue weighted by Crippen LogP contribution is 2.35. The molecule has 6 heteroatoms. The van der Waals surface area contributed by atoms with Gasteiger partial charge in [0, 0.05) is 36.1 Å². The molecule has 0 saturated heterocycles. The fraction of sp³-hybridized carbons (Fsp3) is 0.192. The number of hydrogen-bond donors (Lipinski definition) is 3. The molecule has 0 aliphatic carbocycles. The lowest BCUT2D eigenvalue weighted by molar-refractivity contribution is 0.240. The smallest absolute Gasteiger partial charge is 0.315 e. The van der Waals surface area contributed by atoms with Crippen LogP contribution in [-0.2, 0) is 6.54 Å². The number of benzene rings is 3. The number of amides is 2. The summed E-state index contributed by atoms with van der Waals surface area (Å²) in [5.41, 5.74) is 4.24. The molecule has 1 heterocycles. The summed E-state index contributed by atoms with van der Waals surface area (Å²) in [6.07, 6.45) is 2.01. The molecule has 1 atom stereocenters. The van der Waals surface area contributed by atoms with Crippen LogP contribution >= 0.6 is 0 Å². The second-order valence-corrected chi connectivity index (χ2v) is 7.51. The predicted molar refractivity (Wildman–Crippen MR) is 126 cm³/mol. The zero-order valence-electron chi connectivity index (χ0n) is 18.2. The molecule has 1 aromatic heterocycles. The fourth-order valence-corrected chi connectivity index (χ4v) is 3.89. The topological polar surface area (TPSA) is 75.4 Å². The van der Waals surface area contributed by atoms with Crippen molar-refractivity contribution in [3.05, 3.63) is 95.7 Å². The van der Waals surface area contributed by atoms with Gasteiger partial charge in [0.25, 0.3) is 0 Å². The van der Waals surface area contributed by atoms with Crippen LogP contribution < -0.4 is 20.1 Å². The summed E-state index contributed by atoms with van der Waals surface area (Å²) in [5, 5.41) is 7.08. The number of ether oxygens (including phenoxy) is 2. The van der Waals surface area contributed by atoms with Crippen LogP contribution in [-0.4, -0.2) is 31.8 Å². The largest absolute Gasteiger partial charge is 0.493 e. The number of aromatic nitrogens is 1. The van der Waals surface area contributed by atoms with Crippen LogP contribution in [0.4, 0.5) is 4.79 Å². The third-order valence-corrected chi connectivity index (χ3v) is 5.57. The summed E-state index contributed by atoms with van der Waals surface area (Å²) in [6.45, 7) is 0.902. The lowest BCUT2D eigenvalue weighted by Gasteiger charge is -2.20. The van der Waals surface area contributed by atoms with Crippen molar-refractivity contribution < 1.29 is 14.3 Å². The number of fused-ring (bicyclic) bond motifs is 1. The number of nitrogens with one attached hydrogen (secondary N) is 3. The summed E-state index contributed by atoms with van der Waals surface area (Å²) >= 11 is 0. The Kier molecular flexibility index (Phi) is 6.60. The molecule has 0 aliphatic rings. The minimum absolute atomic E-state index is 0.0755. The van der Waals surface area contributed by atoms with Gasteiger partial charge < -0.3 is 25.1 Å². The summed E-state index contributed by atoms with van der Waals surface area (Å²) in [5.74, 6) is 1.25. The Bertz CT molecular complexity index is 1190. The lowest BCUT2D eigenvalue weighted by Crippen LogP contribution is -2.37. The van der Waals surface area contributed by atoms with Crippen molar-refractivity contribution in [3.8, 4) is 11.5 Å². The molecule has 4 aromatic rings. The summed E-state index contributed by atoms with van der Waals surface area (Å²) in [7, 11) is 3.24. The second-order valence-electron chi connectivity index (χ2n) is 7.51. The maximum Gasteiger partial charge on any atom is 0.315 e. The lowest BCUT2D eigenvalue weighted by atomic mass is 9.90. The number of hydrogen-bond acceptors (Lipinski definition) is 3. The van der Waals surface area contributed by atoms with E-state index in [4.69, 9.17) is 9.47 Å². The van der Waals surface area contributed by atoms with Crippen LogP contribution in [0.3, 0.4) is 0 Å². The Morgan fingerprint density at radius 2 is 1.66 bits per heavy atom. The third-order valence-electron chi connectivity index (χ3n) is 5.57. The molecule has 164 valence electrons. The average molecular weight is 430 g/mol. The Balaban J connectivity index is 1.57. The summed E-state index contributed by atoms with van der Waals surface area (Å²) in [4.78, 5) is 15.9. The SMILES string of the molecule is COc1ccc(C(CNC(=O)NCc2ccccc2)c2c[nH]c3ccccc23)cc1OC. The van der Waals surface area contributed by atoms with Gasteiger partial charge in [-0.15, -0.1) is 0 Å². The first kappa shape index (κ1) is 21.3. The molecule has 4 rings (SSSR count). The zero-order valence-corrected chi connectivity index (χ0v) is 18.2. The van der Waals surface area contributed by atoms with Crippen LogP contribution in [0.5, 0.6) is 11.5 Å². The van der Waals surface area contributed by atoms with E-state index in [1.807, 2.05) is 72.9 Å². The van der Waals surface area contributed by atoms with E-state index in [1.54, 1.807) is 14.2 Å². The number of H-pyrrole nitrogens is 1. The van der Waals surface area contributed by atoms with Gasteiger partial charge in [0.15, 0.2) is 11.5 Å². The van der Waals surface area contributed by atoms with Gasteiger partial charge in [-0.1, -0.05) is 54.6 Å². The number of carbonyl (C=O) groups is 1. The van der Waals surface area contributed by atoms with Crippen molar-refractivity contribution >= 4 is 16.9 Å². The second kappa shape index (κ2) is 9.92. The number of aromatic amines is 1. The van der Waals surface area contributed by atoms with Crippen molar-refractivity contribution in [2.45, 2.75) is 12.5 Å². The van der Waals surface area contributed by atoms with E-state index in [0.29, 0.717) is 24.6 Å². The summed E-state index contributed by atoms with van der Waals surface area (Å²) in [6, 6.07) is 23.7. The highest BCUT2D eigenvalue weighted by molar-refractivity contribution is 5.84. The fourth-order valence-electron chi connectivity index (χ4n) is 3.89. The van der Waals surface area contributed by atoms with Crippen molar-refractivity contribution in [3.63, 3.8) is 0 Å².